The highest BCUT2D eigenvalue weighted by Crippen LogP contribution is 2.31. The molecule has 0 amide bonds. The first-order valence-electron chi connectivity index (χ1n) is 7.51. The second kappa shape index (κ2) is 7.93. The van der Waals surface area contributed by atoms with Crippen molar-refractivity contribution in [3.8, 4) is 0 Å². The van der Waals surface area contributed by atoms with Crippen LogP contribution >= 0.6 is 0 Å². The fourth-order valence-corrected chi connectivity index (χ4v) is 2.26. The lowest BCUT2D eigenvalue weighted by Gasteiger charge is -2.26. The van der Waals surface area contributed by atoms with E-state index in [1.54, 1.807) is 24.4 Å². The molecule has 110 valence electrons. The van der Waals surface area contributed by atoms with E-state index in [1.165, 1.54) is 0 Å². The molecule has 20 heavy (non-hydrogen) atoms. The van der Waals surface area contributed by atoms with E-state index in [-0.39, 0.29) is 23.4 Å². The van der Waals surface area contributed by atoms with Gasteiger partial charge < -0.3 is 0 Å². The third-order valence-electron chi connectivity index (χ3n) is 4.06. The predicted octanol–water partition coefficient (Wildman–Crippen LogP) is 4.22. The fourth-order valence-electron chi connectivity index (χ4n) is 2.26. The van der Waals surface area contributed by atoms with Gasteiger partial charge in [0.1, 0.15) is 11.5 Å². The quantitative estimate of drug-likeness (QED) is 0.385. The van der Waals surface area contributed by atoms with Crippen molar-refractivity contribution in [2.45, 2.75) is 59.3 Å². The molecule has 0 aliphatic heterocycles. The van der Waals surface area contributed by atoms with Gasteiger partial charge in [0.05, 0.1) is 6.42 Å². The summed E-state index contributed by atoms with van der Waals surface area (Å²) in [5, 5.41) is 0. The van der Waals surface area contributed by atoms with E-state index in [0.717, 1.165) is 32.1 Å². The Hall–Kier alpha value is -1.51. The summed E-state index contributed by atoms with van der Waals surface area (Å²) in [6.07, 6.45) is 6.52. The van der Waals surface area contributed by atoms with Crippen LogP contribution in [0.5, 0.6) is 0 Å². The maximum absolute atomic E-state index is 12.4. The summed E-state index contributed by atoms with van der Waals surface area (Å²) in [6.45, 7) is 6.15. The molecule has 0 spiro atoms. The van der Waals surface area contributed by atoms with Crippen LogP contribution in [0.1, 0.15) is 69.8 Å². The number of pyridine rings is 1. The molecule has 0 bridgehead atoms. The number of ketones is 2. The number of nitrogens with zero attached hydrogens (tertiary/aromatic N) is 1. The second-order valence-electron chi connectivity index (χ2n) is 5.61. The van der Waals surface area contributed by atoms with Crippen molar-refractivity contribution in [3.05, 3.63) is 30.1 Å². The number of hydrogen-bond donors (Lipinski definition) is 0. The van der Waals surface area contributed by atoms with Crippen LogP contribution in [0.15, 0.2) is 24.4 Å². The first-order valence-corrected chi connectivity index (χ1v) is 7.51. The van der Waals surface area contributed by atoms with Gasteiger partial charge in [0, 0.05) is 11.6 Å². The van der Waals surface area contributed by atoms with E-state index in [0.29, 0.717) is 5.69 Å². The maximum Gasteiger partial charge on any atom is 0.188 e. The highest BCUT2D eigenvalue weighted by molar-refractivity contribution is 6.08. The zero-order valence-electron chi connectivity index (χ0n) is 12.8. The SMILES string of the molecule is CCCCCC(C)(CC)C(=O)CC(=O)c1ccccn1. The van der Waals surface area contributed by atoms with Crippen molar-refractivity contribution >= 4 is 11.6 Å². The minimum absolute atomic E-state index is 0.0342. The molecular formula is C17H25NO2. The Labute approximate surface area is 121 Å². The number of unbranched alkanes of at least 4 members (excludes halogenated alkanes) is 2. The number of aromatic nitrogens is 1. The number of rotatable bonds is 9. The number of hydrogen-bond acceptors (Lipinski definition) is 3. The minimum Gasteiger partial charge on any atom is -0.299 e. The van der Waals surface area contributed by atoms with Crippen molar-refractivity contribution in [3.63, 3.8) is 0 Å². The Kier molecular flexibility index (Phi) is 6.56. The third kappa shape index (κ3) is 4.55. The van der Waals surface area contributed by atoms with Gasteiger partial charge in [-0.3, -0.25) is 14.6 Å². The molecule has 0 N–H and O–H groups in total. The van der Waals surface area contributed by atoms with E-state index in [9.17, 15) is 9.59 Å². The molecule has 1 rings (SSSR count). The molecule has 0 saturated heterocycles. The lowest BCUT2D eigenvalue weighted by Crippen LogP contribution is -2.29. The van der Waals surface area contributed by atoms with Crippen LogP contribution < -0.4 is 0 Å². The van der Waals surface area contributed by atoms with Gasteiger partial charge in [0.25, 0.3) is 0 Å². The van der Waals surface area contributed by atoms with E-state index in [4.69, 9.17) is 0 Å². The van der Waals surface area contributed by atoms with Crippen molar-refractivity contribution in [1.29, 1.82) is 0 Å². The van der Waals surface area contributed by atoms with Gasteiger partial charge in [0.2, 0.25) is 0 Å². The topological polar surface area (TPSA) is 47.0 Å². The molecule has 1 heterocycles. The molecule has 0 aromatic carbocycles. The average molecular weight is 275 g/mol. The smallest absolute Gasteiger partial charge is 0.188 e. The average Bonchev–Trinajstić information content (AvgIpc) is 2.48. The van der Waals surface area contributed by atoms with E-state index in [1.807, 2.05) is 13.8 Å². The van der Waals surface area contributed by atoms with Crippen LogP contribution in [0.3, 0.4) is 0 Å². The highest BCUT2D eigenvalue weighted by Gasteiger charge is 2.31. The predicted molar refractivity (Wildman–Crippen MR) is 80.7 cm³/mol. The normalized spacial score (nSPS) is 13.8. The molecule has 0 saturated carbocycles. The zero-order valence-corrected chi connectivity index (χ0v) is 12.8. The Morgan fingerprint density at radius 1 is 1.20 bits per heavy atom. The monoisotopic (exact) mass is 275 g/mol. The third-order valence-corrected chi connectivity index (χ3v) is 4.06. The molecule has 0 radical (unpaired) electrons. The molecule has 1 unspecified atom stereocenters. The lowest BCUT2D eigenvalue weighted by molar-refractivity contribution is -0.127. The molecule has 1 aromatic heterocycles. The maximum atomic E-state index is 12.4. The Morgan fingerprint density at radius 3 is 2.50 bits per heavy atom. The first-order chi connectivity index (χ1) is 9.53. The molecule has 1 aromatic rings. The summed E-state index contributed by atoms with van der Waals surface area (Å²) in [6, 6.07) is 5.19. The van der Waals surface area contributed by atoms with Gasteiger partial charge >= 0.3 is 0 Å². The molecule has 0 fully saturated rings. The lowest BCUT2D eigenvalue weighted by atomic mass is 9.76. The van der Waals surface area contributed by atoms with Gasteiger partial charge in [-0.15, -0.1) is 0 Å². The van der Waals surface area contributed by atoms with Crippen LogP contribution in [0, 0.1) is 5.41 Å². The summed E-state index contributed by atoms with van der Waals surface area (Å²) >= 11 is 0. The summed E-state index contributed by atoms with van der Waals surface area (Å²) in [5.41, 5.74) is 0.00689. The largest absolute Gasteiger partial charge is 0.299 e. The number of Topliss-reactive ketones (excluding diaryl/α,β-unsaturated/α-hetero) is 2. The first kappa shape index (κ1) is 16.5. The van der Waals surface area contributed by atoms with E-state index in [2.05, 4.69) is 11.9 Å². The molecule has 3 nitrogen and oxygen atoms in total. The van der Waals surface area contributed by atoms with Gasteiger partial charge in [-0.25, -0.2) is 0 Å². The van der Waals surface area contributed by atoms with Crippen molar-refractivity contribution in [2.24, 2.45) is 5.41 Å². The Balaban J connectivity index is 2.65. The van der Waals surface area contributed by atoms with Gasteiger partial charge in [-0.2, -0.15) is 0 Å². The molecule has 0 aliphatic carbocycles. The van der Waals surface area contributed by atoms with Crippen LogP contribution in [0.25, 0.3) is 0 Å². The van der Waals surface area contributed by atoms with Crippen molar-refractivity contribution < 1.29 is 9.59 Å². The summed E-state index contributed by atoms with van der Waals surface area (Å²) in [4.78, 5) is 28.5. The number of carbonyl (C=O) groups excluding carboxylic acids is 2. The second-order valence-corrected chi connectivity index (χ2v) is 5.61. The zero-order chi connectivity index (χ0) is 15.0. The molecule has 3 heteroatoms. The van der Waals surface area contributed by atoms with E-state index >= 15 is 0 Å². The summed E-state index contributed by atoms with van der Waals surface area (Å²) in [5.74, 6) is -0.127. The Bertz CT molecular complexity index is 442. The standard InChI is InChI=1S/C17H25NO2/c1-4-6-8-11-17(3,5-2)16(20)13-15(19)14-10-7-9-12-18-14/h7,9-10,12H,4-6,8,11,13H2,1-3H3. The summed E-state index contributed by atoms with van der Waals surface area (Å²) in [7, 11) is 0. The minimum atomic E-state index is -0.375. The van der Waals surface area contributed by atoms with Crippen molar-refractivity contribution in [1.82, 2.24) is 4.98 Å². The fraction of sp³-hybridized carbons (Fsp3) is 0.588. The molecular weight excluding hydrogens is 250 g/mol. The van der Waals surface area contributed by atoms with Crippen LogP contribution in [0.2, 0.25) is 0 Å². The van der Waals surface area contributed by atoms with Gasteiger partial charge in [-0.1, -0.05) is 46.1 Å². The van der Waals surface area contributed by atoms with Gasteiger partial charge in [0.15, 0.2) is 5.78 Å². The Morgan fingerprint density at radius 2 is 1.95 bits per heavy atom. The molecule has 1 atom stereocenters. The molecule has 0 aliphatic rings. The van der Waals surface area contributed by atoms with Crippen molar-refractivity contribution in [2.75, 3.05) is 0 Å². The van der Waals surface area contributed by atoms with Crippen LogP contribution in [0.4, 0.5) is 0 Å². The van der Waals surface area contributed by atoms with E-state index < -0.39 is 0 Å². The van der Waals surface area contributed by atoms with Crippen LogP contribution in [-0.4, -0.2) is 16.6 Å². The highest BCUT2D eigenvalue weighted by atomic mass is 16.1. The number of carbonyl (C=O) groups is 2. The van der Waals surface area contributed by atoms with Gasteiger partial charge in [-0.05, 0) is 25.0 Å². The van der Waals surface area contributed by atoms with Crippen LogP contribution in [-0.2, 0) is 4.79 Å². The summed E-state index contributed by atoms with van der Waals surface area (Å²) < 4.78 is 0.